The van der Waals surface area contributed by atoms with Gasteiger partial charge < -0.3 is 10.1 Å². The van der Waals surface area contributed by atoms with Crippen LogP contribution in [0.15, 0.2) is 23.1 Å². The molecule has 0 bridgehead atoms. The molecule has 16 heavy (non-hydrogen) atoms. The maximum atomic E-state index is 10.9. The molecule has 1 rings (SSSR count). The van der Waals surface area contributed by atoms with Crippen molar-refractivity contribution in [2.24, 2.45) is 0 Å². The molecule has 1 aromatic rings. The molecule has 7 heteroatoms. The van der Waals surface area contributed by atoms with Crippen molar-refractivity contribution in [2.45, 2.75) is 4.90 Å². The van der Waals surface area contributed by atoms with Gasteiger partial charge in [0, 0.05) is 7.05 Å². The maximum Gasteiger partial charge on any atom is 0.412 e. The van der Waals surface area contributed by atoms with Gasteiger partial charge in [0.2, 0.25) is 0 Å². The third-order valence-electron chi connectivity index (χ3n) is 1.76. The monoisotopic (exact) mass is 242 g/mol. The molecule has 0 saturated carbocycles. The second kappa shape index (κ2) is 5.36. The Balaban J connectivity index is 3.02. The zero-order valence-corrected chi connectivity index (χ0v) is 9.54. The summed E-state index contributed by atoms with van der Waals surface area (Å²) < 4.78 is 4.79. The maximum absolute atomic E-state index is 10.9. The molecule has 0 aromatic heterocycles. The SMILES string of the molecule is CNC(=O)Oc1ccc(SC)c([N+](=O)[O-])c1. The van der Waals surface area contributed by atoms with Gasteiger partial charge in [0.05, 0.1) is 15.9 Å². The molecule has 0 aliphatic heterocycles. The number of nitro groups is 1. The van der Waals surface area contributed by atoms with Crippen LogP contribution in [-0.2, 0) is 0 Å². The van der Waals surface area contributed by atoms with Crippen molar-refractivity contribution >= 4 is 23.5 Å². The molecule has 0 aliphatic carbocycles. The number of hydrogen-bond donors (Lipinski definition) is 1. The number of ether oxygens (including phenoxy) is 1. The standard InChI is InChI=1S/C9H10N2O4S/c1-10-9(12)15-6-3-4-8(16-2)7(5-6)11(13)14/h3-5H,1-2H3,(H,10,12). The Labute approximate surface area is 96.1 Å². The van der Waals surface area contributed by atoms with Gasteiger partial charge in [-0.25, -0.2) is 4.79 Å². The van der Waals surface area contributed by atoms with E-state index in [1.54, 1.807) is 12.3 Å². The number of nitrogens with zero attached hydrogens (tertiary/aromatic N) is 1. The fourth-order valence-corrected chi connectivity index (χ4v) is 1.58. The van der Waals surface area contributed by atoms with Crippen LogP contribution < -0.4 is 10.1 Å². The number of nitrogens with one attached hydrogen (secondary N) is 1. The van der Waals surface area contributed by atoms with Crippen molar-refractivity contribution in [3.05, 3.63) is 28.3 Å². The highest BCUT2D eigenvalue weighted by atomic mass is 32.2. The molecule has 0 atom stereocenters. The van der Waals surface area contributed by atoms with E-state index in [9.17, 15) is 14.9 Å². The lowest BCUT2D eigenvalue weighted by Gasteiger charge is -2.04. The van der Waals surface area contributed by atoms with E-state index in [0.29, 0.717) is 4.90 Å². The Morgan fingerprint density at radius 3 is 2.75 bits per heavy atom. The number of carbonyl (C=O) groups excluding carboxylic acids is 1. The Kier molecular flexibility index (Phi) is 4.12. The minimum absolute atomic E-state index is 0.0751. The van der Waals surface area contributed by atoms with Crippen LogP contribution in [0.3, 0.4) is 0 Å². The summed E-state index contributed by atoms with van der Waals surface area (Å²) >= 11 is 1.26. The Morgan fingerprint density at radius 2 is 2.25 bits per heavy atom. The predicted octanol–water partition coefficient (Wildman–Crippen LogP) is 2.03. The van der Waals surface area contributed by atoms with Gasteiger partial charge in [-0.2, -0.15) is 0 Å². The summed E-state index contributed by atoms with van der Waals surface area (Å²) in [6, 6.07) is 4.27. The molecule has 0 spiro atoms. The summed E-state index contributed by atoms with van der Waals surface area (Å²) in [4.78, 5) is 21.6. The second-order valence-electron chi connectivity index (χ2n) is 2.73. The Morgan fingerprint density at radius 1 is 1.56 bits per heavy atom. The Bertz CT molecular complexity index is 422. The largest absolute Gasteiger partial charge is 0.412 e. The third-order valence-corrected chi connectivity index (χ3v) is 2.55. The van der Waals surface area contributed by atoms with Crippen molar-refractivity contribution in [1.82, 2.24) is 5.32 Å². The van der Waals surface area contributed by atoms with E-state index in [0.717, 1.165) is 0 Å². The van der Waals surface area contributed by atoms with Gasteiger partial charge >= 0.3 is 6.09 Å². The predicted molar refractivity (Wildman–Crippen MR) is 60.0 cm³/mol. The molecule has 0 saturated heterocycles. The van der Waals surface area contributed by atoms with Crippen LogP contribution in [-0.4, -0.2) is 24.3 Å². The zero-order valence-electron chi connectivity index (χ0n) is 8.72. The van der Waals surface area contributed by atoms with Crippen molar-refractivity contribution in [2.75, 3.05) is 13.3 Å². The first-order chi connectivity index (χ1) is 7.58. The third kappa shape index (κ3) is 2.86. The van der Waals surface area contributed by atoms with Crippen molar-refractivity contribution < 1.29 is 14.5 Å². The zero-order chi connectivity index (χ0) is 12.1. The van der Waals surface area contributed by atoms with E-state index in [4.69, 9.17) is 4.74 Å². The highest BCUT2D eigenvalue weighted by molar-refractivity contribution is 7.98. The second-order valence-corrected chi connectivity index (χ2v) is 3.58. The lowest BCUT2D eigenvalue weighted by Crippen LogP contribution is -2.22. The van der Waals surface area contributed by atoms with E-state index in [-0.39, 0.29) is 11.4 Å². The molecule has 1 aromatic carbocycles. The topological polar surface area (TPSA) is 81.5 Å². The van der Waals surface area contributed by atoms with Crippen molar-refractivity contribution in [3.8, 4) is 5.75 Å². The molecular weight excluding hydrogens is 232 g/mol. The van der Waals surface area contributed by atoms with Gasteiger partial charge in [0.15, 0.2) is 0 Å². The van der Waals surface area contributed by atoms with Gasteiger partial charge in [-0.05, 0) is 18.4 Å². The number of thioether (sulfide) groups is 1. The number of rotatable bonds is 3. The first-order valence-electron chi connectivity index (χ1n) is 4.30. The molecule has 0 radical (unpaired) electrons. The molecule has 0 heterocycles. The molecule has 1 N–H and O–H groups in total. The first kappa shape index (κ1) is 12.3. The van der Waals surface area contributed by atoms with Crippen LogP contribution in [0.25, 0.3) is 0 Å². The summed E-state index contributed by atoms with van der Waals surface area (Å²) in [6.07, 6.45) is 1.08. The highest BCUT2D eigenvalue weighted by Gasteiger charge is 2.15. The molecule has 0 unspecified atom stereocenters. The average Bonchev–Trinajstić information content (AvgIpc) is 2.28. The lowest BCUT2D eigenvalue weighted by atomic mass is 10.3. The number of nitro benzene ring substituents is 1. The first-order valence-corrected chi connectivity index (χ1v) is 5.53. The lowest BCUT2D eigenvalue weighted by molar-refractivity contribution is -0.387. The number of hydrogen-bond acceptors (Lipinski definition) is 5. The molecule has 0 aliphatic rings. The van der Waals surface area contributed by atoms with Crippen LogP contribution in [0.5, 0.6) is 5.75 Å². The number of amides is 1. The van der Waals surface area contributed by atoms with Gasteiger partial charge in [-0.1, -0.05) is 0 Å². The van der Waals surface area contributed by atoms with Crippen LogP contribution in [0.4, 0.5) is 10.5 Å². The number of benzene rings is 1. The van der Waals surface area contributed by atoms with E-state index in [1.807, 2.05) is 0 Å². The molecule has 0 fully saturated rings. The highest BCUT2D eigenvalue weighted by Crippen LogP contribution is 2.30. The summed E-state index contributed by atoms with van der Waals surface area (Å²) in [5.41, 5.74) is -0.0751. The fourth-order valence-electron chi connectivity index (χ4n) is 1.03. The van der Waals surface area contributed by atoms with E-state index < -0.39 is 11.0 Å². The van der Waals surface area contributed by atoms with Gasteiger partial charge in [-0.15, -0.1) is 11.8 Å². The quantitative estimate of drug-likeness (QED) is 0.498. The van der Waals surface area contributed by atoms with Crippen LogP contribution >= 0.6 is 11.8 Å². The minimum Gasteiger partial charge on any atom is -0.410 e. The van der Waals surface area contributed by atoms with Crippen molar-refractivity contribution in [1.29, 1.82) is 0 Å². The summed E-state index contributed by atoms with van der Waals surface area (Å²) in [5, 5.41) is 13.0. The molecule has 1 amide bonds. The summed E-state index contributed by atoms with van der Waals surface area (Å²) in [7, 11) is 1.41. The number of carbonyl (C=O) groups is 1. The van der Waals surface area contributed by atoms with Gasteiger partial charge in [0.1, 0.15) is 5.75 Å². The summed E-state index contributed by atoms with van der Waals surface area (Å²) in [6.45, 7) is 0. The van der Waals surface area contributed by atoms with E-state index in [1.165, 1.54) is 30.9 Å². The normalized spacial score (nSPS) is 9.62. The van der Waals surface area contributed by atoms with Gasteiger partial charge in [-0.3, -0.25) is 10.1 Å². The van der Waals surface area contributed by atoms with Crippen LogP contribution in [0.1, 0.15) is 0 Å². The summed E-state index contributed by atoms with van der Waals surface area (Å²) in [5.74, 6) is 0.142. The van der Waals surface area contributed by atoms with Crippen LogP contribution in [0, 0.1) is 10.1 Å². The van der Waals surface area contributed by atoms with E-state index in [2.05, 4.69) is 5.32 Å². The van der Waals surface area contributed by atoms with Gasteiger partial charge in [0.25, 0.3) is 5.69 Å². The molecule has 86 valence electrons. The van der Waals surface area contributed by atoms with E-state index >= 15 is 0 Å². The molecular formula is C9H10N2O4S. The van der Waals surface area contributed by atoms with Crippen molar-refractivity contribution in [3.63, 3.8) is 0 Å². The van der Waals surface area contributed by atoms with Crippen LogP contribution in [0.2, 0.25) is 0 Å². The fraction of sp³-hybridized carbons (Fsp3) is 0.222. The molecule has 6 nitrogen and oxygen atoms in total. The minimum atomic E-state index is -0.661. The smallest absolute Gasteiger partial charge is 0.410 e. The Hall–Kier alpha value is -1.76. The average molecular weight is 242 g/mol.